The molecular formula is C14H23N3O3S. The average molecular weight is 313 g/mol. The van der Waals surface area contributed by atoms with Crippen LogP contribution in [0.4, 0.5) is 11.4 Å². The molecule has 1 aliphatic rings. The summed E-state index contributed by atoms with van der Waals surface area (Å²) >= 11 is 0. The summed E-state index contributed by atoms with van der Waals surface area (Å²) in [4.78, 5) is 0.209. The number of nitrogens with one attached hydrogen (secondary N) is 2. The average Bonchev–Trinajstić information content (AvgIpc) is 2.50. The first kappa shape index (κ1) is 16.1. The maximum atomic E-state index is 11.9. The van der Waals surface area contributed by atoms with E-state index >= 15 is 0 Å². The van der Waals surface area contributed by atoms with Gasteiger partial charge in [0.2, 0.25) is 10.0 Å². The van der Waals surface area contributed by atoms with E-state index in [2.05, 4.69) is 17.0 Å². The van der Waals surface area contributed by atoms with Gasteiger partial charge in [0.05, 0.1) is 16.3 Å². The third kappa shape index (κ3) is 3.87. The Morgan fingerprint density at radius 3 is 2.62 bits per heavy atom. The van der Waals surface area contributed by atoms with Crippen LogP contribution in [0, 0.1) is 5.92 Å². The van der Waals surface area contributed by atoms with Crippen molar-refractivity contribution in [2.75, 3.05) is 31.3 Å². The fourth-order valence-corrected chi connectivity index (χ4v) is 3.28. The molecule has 1 unspecified atom stereocenters. The minimum atomic E-state index is -3.46. The molecule has 1 saturated heterocycles. The molecule has 21 heavy (non-hydrogen) atoms. The molecule has 0 spiro atoms. The summed E-state index contributed by atoms with van der Waals surface area (Å²) in [5, 5.41) is 3.34. The third-order valence-electron chi connectivity index (χ3n) is 3.96. The molecule has 6 nitrogen and oxygen atoms in total. The van der Waals surface area contributed by atoms with E-state index in [1.54, 1.807) is 12.1 Å². The molecule has 4 N–H and O–H groups in total. The van der Waals surface area contributed by atoms with Crippen LogP contribution >= 0.6 is 0 Å². The highest BCUT2D eigenvalue weighted by Gasteiger charge is 2.21. The molecule has 0 bridgehead atoms. The second-order valence-corrected chi connectivity index (χ2v) is 7.23. The van der Waals surface area contributed by atoms with Crippen LogP contribution in [0.1, 0.15) is 19.8 Å². The van der Waals surface area contributed by atoms with Crippen molar-refractivity contribution in [3.8, 4) is 0 Å². The van der Waals surface area contributed by atoms with E-state index in [-0.39, 0.29) is 10.9 Å². The van der Waals surface area contributed by atoms with Crippen LogP contribution in [-0.2, 0) is 14.8 Å². The molecule has 0 aromatic heterocycles. The van der Waals surface area contributed by atoms with Crippen LogP contribution in [0.25, 0.3) is 0 Å². The number of rotatable bonds is 5. The fraction of sp³-hybridized carbons (Fsp3) is 0.571. The Morgan fingerprint density at radius 1 is 1.33 bits per heavy atom. The summed E-state index contributed by atoms with van der Waals surface area (Å²) in [6, 6.07) is 4.91. The van der Waals surface area contributed by atoms with Gasteiger partial charge in [-0.25, -0.2) is 13.1 Å². The zero-order chi connectivity index (χ0) is 15.5. The normalized spacial score (nSPS) is 18.4. The van der Waals surface area contributed by atoms with Crippen LogP contribution < -0.4 is 15.8 Å². The number of nitrogen functional groups attached to an aromatic ring is 1. The number of sulfonamides is 1. The van der Waals surface area contributed by atoms with E-state index in [1.807, 2.05) is 0 Å². The highest BCUT2D eigenvalue weighted by molar-refractivity contribution is 7.89. The van der Waals surface area contributed by atoms with Gasteiger partial charge < -0.3 is 15.8 Å². The van der Waals surface area contributed by atoms with Gasteiger partial charge in [-0.1, -0.05) is 0 Å². The summed E-state index contributed by atoms with van der Waals surface area (Å²) in [5.74, 6) is 0.503. The zero-order valence-electron chi connectivity index (χ0n) is 12.4. The Kier molecular flexibility index (Phi) is 5.08. The lowest BCUT2D eigenvalue weighted by Gasteiger charge is -2.29. The number of ether oxygens (including phenoxy) is 1. The molecule has 1 heterocycles. The van der Waals surface area contributed by atoms with E-state index in [9.17, 15) is 8.42 Å². The van der Waals surface area contributed by atoms with E-state index in [4.69, 9.17) is 10.5 Å². The predicted octanol–water partition coefficient (Wildman–Crippen LogP) is 1.40. The van der Waals surface area contributed by atoms with Crippen molar-refractivity contribution in [2.45, 2.75) is 30.7 Å². The third-order valence-corrected chi connectivity index (χ3v) is 5.37. The van der Waals surface area contributed by atoms with Crippen molar-refractivity contribution in [1.29, 1.82) is 0 Å². The second kappa shape index (κ2) is 6.64. The van der Waals surface area contributed by atoms with Gasteiger partial charge in [0.1, 0.15) is 0 Å². The topological polar surface area (TPSA) is 93.5 Å². The first-order valence-corrected chi connectivity index (χ1v) is 8.59. The van der Waals surface area contributed by atoms with Gasteiger partial charge in [-0.2, -0.15) is 0 Å². The SMILES string of the molecule is CNS(=O)(=O)c1ccc(N)c(NC(C)C2CCOCC2)c1. The summed E-state index contributed by atoms with van der Waals surface area (Å²) in [5.41, 5.74) is 7.15. The second-order valence-electron chi connectivity index (χ2n) is 5.34. The number of nitrogens with two attached hydrogens (primary N) is 1. The Balaban J connectivity index is 2.17. The van der Waals surface area contributed by atoms with Crippen LogP contribution in [0.2, 0.25) is 0 Å². The van der Waals surface area contributed by atoms with Crippen molar-refractivity contribution in [1.82, 2.24) is 4.72 Å². The van der Waals surface area contributed by atoms with E-state index in [1.165, 1.54) is 13.1 Å². The molecule has 118 valence electrons. The molecule has 1 fully saturated rings. The molecule has 0 saturated carbocycles. The van der Waals surface area contributed by atoms with Crippen molar-refractivity contribution < 1.29 is 13.2 Å². The quantitative estimate of drug-likeness (QED) is 0.715. The largest absolute Gasteiger partial charge is 0.397 e. The van der Waals surface area contributed by atoms with E-state index in [0.29, 0.717) is 17.3 Å². The first-order chi connectivity index (χ1) is 9.94. The highest BCUT2D eigenvalue weighted by Crippen LogP contribution is 2.27. The van der Waals surface area contributed by atoms with Gasteiger partial charge in [0, 0.05) is 19.3 Å². The first-order valence-electron chi connectivity index (χ1n) is 7.11. The van der Waals surface area contributed by atoms with E-state index < -0.39 is 10.0 Å². The van der Waals surface area contributed by atoms with Gasteiger partial charge in [-0.05, 0) is 50.9 Å². The van der Waals surface area contributed by atoms with Gasteiger partial charge >= 0.3 is 0 Å². The zero-order valence-corrected chi connectivity index (χ0v) is 13.2. The van der Waals surface area contributed by atoms with Crippen LogP contribution in [0.15, 0.2) is 23.1 Å². The maximum Gasteiger partial charge on any atom is 0.240 e. The lowest BCUT2D eigenvalue weighted by molar-refractivity contribution is 0.0622. The molecule has 1 aliphatic heterocycles. The molecular weight excluding hydrogens is 290 g/mol. The van der Waals surface area contributed by atoms with Crippen LogP contribution in [0.5, 0.6) is 0 Å². The smallest absolute Gasteiger partial charge is 0.240 e. The number of benzene rings is 1. The highest BCUT2D eigenvalue weighted by atomic mass is 32.2. The number of anilines is 2. The minimum Gasteiger partial charge on any atom is -0.397 e. The molecule has 0 aliphatic carbocycles. The summed E-state index contributed by atoms with van der Waals surface area (Å²) in [7, 11) is -2.07. The number of hydrogen-bond donors (Lipinski definition) is 3. The Hall–Kier alpha value is -1.31. The Labute approximate surface area is 126 Å². The molecule has 1 aromatic rings. The lowest BCUT2D eigenvalue weighted by Crippen LogP contribution is -2.31. The van der Waals surface area contributed by atoms with Gasteiger partial charge in [0.25, 0.3) is 0 Å². The minimum absolute atomic E-state index is 0.209. The monoisotopic (exact) mass is 313 g/mol. The fourth-order valence-electron chi connectivity index (χ4n) is 2.52. The maximum absolute atomic E-state index is 11.9. The van der Waals surface area contributed by atoms with E-state index in [0.717, 1.165) is 26.1 Å². The molecule has 7 heteroatoms. The standard InChI is InChI=1S/C14H23N3O3S/c1-10(11-5-7-20-8-6-11)17-14-9-12(3-4-13(14)15)21(18,19)16-2/h3-4,9-11,16-17H,5-8,15H2,1-2H3. The summed E-state index contributed by atoms with van der Waals surface area (Å²) in [6.45, 7) is 3.65. The van der Waals surface area contributed by atoms with Gasteiger partial charge in [-0.15, -0.1) is 0 Å². The lowest BCUT2D eigenvalue weighted by atomic mass is 9.93. The van der Waals surface area contributed by atoms with Gasteiger partial charge in [0.15, 0.2) is 0 Å². The van der Waals surface area contributed by atoms with Crippen LogP contribution in [0.3, 0.4) is 0 Å². The molecule has 2 rings (SSSR count). The van der Waals surface area contributed by atoms with Crippen LogP contribution in [-0.4, -0.2) is 34.7 Å². The summed E-state index contributed by atoms with van der Waals surface area (Å²) in [6.07, 6.45) is 2.01. The predicted molar refractivity (Wildman–Crippen MR) is 83.7 cm³/mol. The Bertz CT molecular complexity index is 583. The van der Waals surface area contributed by atoms with Crippen molar-refractivity contribution in [2.24, 2.45) is 5.92 Å². The Morgan fingerprint density at radius 2 is 2.00 bits per heavy atom. The molecule has 0 radical (unpaired) electrons. The van der Waals surface area contributed by atoms with Crippen molar-refractivity contribution in [3.63, 3.8) is 0 Å². The number of hydrogen-bond acceptors (Lipinski definition) is 5. The molecule has 1 atom stereocenters. The van der Waals surface area contributed by atoms with Crippen molar-refractivity contribution in [3.05, 3.63) is 18.2 Å². The molecule has 1 aromatic carbocycles. The summed E-state index contributed by atoms with van der Waals surface area (Å²) < 4.78 is 31.4. The molecule has 0 amide bonds. The van der Waals surface area contributed by atoms with Crippen molar-refractivity contribution >= 4 is 21.4 Å². The van der Waals surface area contributed by atoms with Gasteiger partial charge in [-0.3, -0.25) is 0 Å².